The Morgan fingerprint density at radius 1 is 1.19 bits per heavy atom. The van der Waals surface area contributed by atoms with Crippen LogP contribution in [-0.4, -0.2) is 24.3 Å². The van der Waals surface area contributed by atoms with Gasteiger partial charge in [0.2, 0.25) is 11.8 Å². The Kier molecular flexibility index (Phi) is 6.14. The Hall–Kier alpha value is -2.11. The zero-order valence-corrected chi connectivity index (χ0v) is 12.9. The Morgan fingerprint density at radius 2 is 1.86 bits per heavy atom. The maximum absolute atomic E-state index is 12.0. The third kappa shape index (κ3) is 4.18. The maximum atomic E-state index is 12.0. The molecule has 0 fully saturated rings. The largest absolute Gasteiger partial charge is 0.462 e. The van der Waals surface area contributed by atoms with Crippen molar-refractivity contribution in [2.75, 3.05) is 11.9 Å². The average molecular weight is 295 g/mol. The zero-order chi connectivity index (χ0) is 16.0. The number of rotatable bonds is 7. The standard InChI is InChI=1S/C15H21NO5/c1-5-7-8-11(18)16-14-13(15(19)20-6-2)12(9(3)17)10(4)21-14/h5-8H2,1-4H3,(H,16,18). The molecule has 0 unspecified atom stereocenters. The number of anilines is 1. The Morgan fingerprint density at radius 3 is 2.38 bits per heavy atom. The van der Waals surface area contributed by atoms with Crippen molar-refractivity contribution in [2.45, 2.75) is 47.0 Å². The second-order valence-electron chi connectivity index (χ2n) is 4.67. The number of amides is 1. The highest BCUT2D eigenvalue weighted by atomic mass is 16.5. The average Bonchev–Trinajstić information content (AvgIpc) is 2.73. The molecular weight excluding hydrogens is 274 g/mol. The van der Waals surface area contributed by atoms with Crippen LogP contribution >= 0.6 is 0 Å². The van der Waals surface area contributed by atoms with Crippen molar-refractivity contribution >= 4 is 23.5 Å². The molecule has 6 nitrogen and oxygen atoms in total. The lowest BCUT2D eigenvalue weighted by molar-refractivity contribution is -0.116. The molecule has 1 aromatic rings. The van der Waals surface area contributed by atoms with Crippen LogP contribution in [0.4, 0.5) is 5.88 Å². The smallest absolute Gasteiger partial charge is 0.344 e. The minimum Gasteiger partial charge on any atom is -0.462 e. The molecule has 0 aromatic carbocycles. The van der Waals surface area contributed by atoms with Gasteiger partial charge in [-0.1, -0.05) is 13.3 Å². The molecule has 0 atom stereocenters. The molecule has 1 heterocycles. The van der Waals surface area contributed by atoms with E-state index in [4.69, 9.17) is 9.15 Å². The summed E-state index contributed by atoms with van der Waals surface area (Å²) < 4.78 is 10.3. The number of aryl methyl sites for hydroxylation is 1. The van der Waals surface area contributed by atoms with Gasteiger partial charge in [-0.2, -0.15) is 0 Å². The summed E-state index contributed by atoms with van der Waals surface area (Å²) in [4.78, 5) is 35.5. The number of hydrogen-bond acceptors (Lipinski definition) is 5. The fourth-order valence-electron chi connectivity index (χ4n) is 1.98. The van der Waals surface area contributed by atoms with Crippen LogP contribution in [0.2, 0.25) is 0 Å². The monoisotopic (exact) mass is 295 g/mol. The molecule has 0 saturated carbocycles. The molecule has 6 heteroatoms. The van der Waals surface area contributed by atoms with Crippen molar-refractivity contribution in [1.29, 1.82) is 0 Å². The van der Waals surface area contributed by atoms with Crippen molar-refractivity contribution in [3.8, 4) is 0 Å². The van der Waals surface area contributed by atoms with Crippen LogP contribution in [0.15, 0.2) is 4.42 Å². The van der Waals surface area contributed by atoms with E-state index in [-0.39, 0.29) is 41.1 Å². The van der Waals surface area contributed by atoms with E-state index < -0.39 is 5.97 Å². The minimum absolute atomic E-state index is 0.00769. The number of unbranched alkanes of at least 4 members (excludes halogenated alkanes) is 1. The van der Waals surface area contributed by atoms with Crippen molar-refractivity contribution in [1.82, 2.24) is 0 Å². The van der Waals surface area contributed by atoms with E-state index in [9.17, 15) is 14.4 Å². The SMILES string of the molecule is CCCCC(=O)Nc1oc(C)c(C(C)=O)c1C(=O)OCC. The fourth-order valence-corrected chi connectivity index (χ4v) is 1.98. The molecule has 0 spiro atoms. The molecular formula is C15H21NO5. The molecule has 116 valence electrons. The summed E-state index contributed by atoms with van der Waals surface area (Å²) >= 11 is 0. The van der Waals surface area contributed by atoms with Gasteiger partial charge in [-0.3, -0.25) is 14.9 Å². The molecule has 1 rings (SSSR count). The second kappa shape index (κ2) is 7.61. The first kappa shape index (κ1) is 16.9. The first-order valence-electron chi connectivity index (χ1n) is 7.03. The lowest BCUT2D eigenvalue weighted by atomic mass is 10.1. The van der Waals surface area contributed by atoms with Gasteiger partial charge in [0.05, 0.1) is 12.2 Å². The molecule has 0 aliphatic rings. The molecule has 0 bridgehead atoms. The number of nitrogens with one attached hydrogen (secondary N) is 1. The molecule has 21 heavy (non-hydrogen) atoms. The van der Waals surface area contributed by atoms with E-state index in [2.05, 4.69) is 5.32 Å². The summed E-state index contributed by atoms with van der Waals surface area (Å²) in [6.07, 6.45) is 1.95. The van der Waals surface area contributed by atoms with E-state index in [1.54, 1.807) is 13.8 Å². The molecule has 0 aliphatic carbocycles. The van der Waals surface area contributed by atoms with Gasteiger partial charge in [0.25, 0.3) is 0 Å². The van der Waals surface area contributed by atoms with E-state index in [0.717, 1.165) is 12.8 Å². The van der Waals surface area contributed by atoms with Crippen LogP contribution < -0.4 is 5.32 Å². The Bertz CT molecular complexity index is 545. The number of carbonyl (C=O) groups is 3. The van der Waals surface area contributed by atoms with Crippen LogP contribution in [-0.2, 0) is 9.53 Å². The topological polar surface area (TPSA) is 85.6 Å². The number of hydrogen-bond donors (Lipinski definition) is 1. The summed E-state index contributed by atoms with van der Waals surface area (Å²) in [6.45, 7) is 6.72. The number of ketones is 1. The highest BCUT2D eigenvalue weighted by molar-refractivity contribution is 6.10. The van der Waals surface area contributed by atoms with Crippen molar-refractivity contribution < 1.29 is 23.5 Å². The van der Waals surface area contributed by atoms with Crippen molar-refractivity contribution in [2.24, 2.45) is 0 Å². The summed E-state index contributed by atoms with van der Waals surface area (Å²) in [6, 6.07) is 0. The second-order valence-corrected chi connectivity index (χ2v) is 4.67. The summed E-state index contributed by atoms with van der Waals surface area (Å²) in [5, 5.41) is 2.54. The number of esters is 1. The van der Waals surface area contributed by atoms with Crippen LogP contribution in [0.3, 0.4) is 0 Å². The summed E-state index contributed by atoms with van der Waals surface area (Å²) in [7, 11) is 0. The van der Waals surface area contributed by atoms with Gasteiger partial charge in [-0.25, -0.2) is 4.79 Å². The van der Waals surface area contributed by atoms with E-state index in [1.165, 1.54) is 6.92 Å². The molecule has 1 amide bonds. The van der Waals surface area contributed by atoms with Crippen LogP contribution in [0, 0.1) is 6.92 Å². The van der Waals surface area contributed by atoms with Gasteiger partial charge in [-0.15, -0.1) is 0 Å². The number of furan rings is 1. The zero-order valence-electron chi connectivity index (χ0n) is 12.9. The van der Waals surface area contributed by atoms with Crippen molar-refractivity contribution in [3.63, 3.8) is 0 Å². The van der Waals surface area contributed by atoms with Gasteiger partial charge >= 0.3 is 5.97 Å². The maximum Gasteiger partial charge on any atom is 0.344 e. The first-order chi connectivity index (χ1) is 9.92. The van der Waals surface area contributed by atoms with E-state index >= 15 is 0 Å². The molecule has 0 aliphatic heterocycles. The predicted octanol–water partition coefficient (Wildman–Crippen LogP) is 3.10. The van der Waals surface area contributed by atoms with Crippen molar-refractivity contribution in [3.05, 3.63) is 16.9 Å². The molecule has 0 radical (unpaired) electrons. The predicted molar refractivity (Wildman–Crippen MR) is 77.6 cm³/mol. The fraction of sp³-hybridized carbons (Fsp3) is 0.533. The highest BCUT2D eigenvalue weighted by Crippen LogP contribution is 2.28. The highest BCUT2D eigenvalue weighted by Gasteiger charge is 2.28. The number of carbonyl (C=O) groups excluding carboxylic acids is 3. The first-order valence-corrected chi connectivity index (χ1v) is 7.03. The van der Waals surface area contributed by atoms with E-state index in [0.29, 0.717) is 6.42 Å². The lowest BCUT2D eigenvalue weighted by Crippen LogP contribution is -2.16. The van der Waals surface area contributed by atoms with Gasteiger partial charge < -0.3 is 9.15 Å². The molecule has 1 N–H and O–H groups in total. The van der Waals surface area contributed by atoms with Crippen LogP contribution in [0.1, 0.15) is 66.5 Å². The van der Waals surface area contributed by atoms with Gasteiger partial charge in [0.15, 0.2) is 5.78 Å². The molecule has 0 saturated heterocycles. The van der Waals surface area contributed by atoms with Crippen LogP contribution in [0.5, 0.6) is 0 Å². The van der Waals surface area contributed by atoms with E-state index in [1.807, 2.05) is 6.92 Å². The normalized spacial score (nSPS) is 10.3. The number of Topliss-reactive ketones (excluding diaryl/α,β-unsaturated/α-hetero) is 1. The Balaban J connectivity index is 3.13. The summed E-state index contributed by atoms with van der Waals surface area (Å²) in [5.74, 6) is -0.974. The third-order valence-corrected chi connectivity index (χ3v) is 2.93. The summed E-state index contributed by atoms with van der Waals surface area (Å²) in [5.41, 5.74) is 0.144. The van der Waals surface area contributed by atoms with Gasteiger partial charge in [0, 0.05) is 6.42 Å². The lowest BCUT2D eigenvalue weighted by Gasteiger charge is -2.05. The third-order valence-electron chi connectivity index (χ3n) is 2.93. The van der Waals surface area contributed by atoms with Crippen LogP contribution in [0.25, 0.3) is 0 Å². The quantitative estimate of drug-likeness (QED) is 0.617. The molecule has 1 aromatic heterocycles. The minimum atomic E-state index is -0.676. The number of ether oxygens (including phenoxy) is 1. The van der Waals surface area contributed by atoms with Gasteiger partial charge in [-0.05, 0) is 27.2 Å². The Labute approximate surface area is 123 Å². The van der Waals surface area contributed by atoms with Gasteiger partial charge in [0.1, 0.15) is 11.3 Å².